The number of amides is 2. The average molecular weight is 426 g/mol. The Kier molecular flexibility index (Phi) is 4.44. The third kappa shape index (κ3) is 2.94. The maximum Gasteiger partial charge on any atom is 0.243 e. The summed E-state index contributed by atoms with van der Waals surface area (Å²) in [4.78, 5) is 28.2. The zero-order valence-corrected chi connectivity index (χ0v) is 17.6. The molecule has 0 aliphatic carbocycles. The Balaban J connectivity index is 1.47. The van der Waals surface area contributed by atoms with E-state index in [9.17, 15) is 18.0 Å². The molecule has 0 bridgehead atoms. The van der Waals surface area contributed by atoms with Gasteiger partial charge in [0.1, 0.15) is 0 Å². The Morgan fingerprint density at radius 1 is 1.03 bits per heavy atom. The minimum absolute atomic E-state index is 0.0537. The van der Waals surface area contributed by atoms with E-state index in [-0.39, 0.29) is 35.8 Å². The zero-order valence-electron chi connectivity index (χ0n) is 16.7. The Morgan fingerprint density at radius 3 is 2.60 bits per heavy atom. The molecule has 0 saturated carbocycles. The maximum atomic E-state index is 13.4. The van der Waals surface area contributed by atoms with Crippen LogP contribution in [0.1, 0.15) is 29.7 Å². The predicted molar refractivity (Wildman–Crippen MR) is 112 cm³/mol. The van der Waals surface area contributed by atoms with Gasteiger partial charge in [-0.25, -0.2) is 8.42 Å². The van der Waals surface area contributed by atoms with Crippen molar-refractivity contribution in [2.24, 2.45) is 0 Å². The van der Waals surface area contributed by atoms with E-state index in [0.29, 0.717) is 19.5 Å². The number of fused-ring (bicyclic) bond motifs is 4. The molecular formula is C22H23N3O4S. The van der Waals surface area contributed by atoms with Crippen LogP contribution in [0.4, 0.5) is 5.69 Å². The fraction of sp³-hybridized carbons (Fsp3) is 0.364. The molecule has 2 amide bonds. The van der Waals surface area contributed by atoms with Crippen LogP contribution in [-0.2, 0) is 32.5 Å². The largest absolute Gasteiger partial charge is 0.333 e. The number of anilines is 1. The van der Waals surface area contributed by atoms with Crippen LogP contribution in [0.3, 0.4) is 0 Å². The van der Waals surface area contributed by atoms with Crippen molar-refractivity contribution in [1.82, 2.24) is 9.21 Å². The molecule has 0 unspecified atom stereocenters. The van der Waals surface area contributed by atoms with Gasteiger partial charge < -0.3 is 9.80 Å². The van der Waals surface area contributed by atoms with Crippen LogP contribution in [0.5, 0.6) is 0 Å². The number of rotatable bonds is 2. The topological polar surface area (TPSA) is 78.0 Å². The molecule has 0 spiro atoms. The van der Waals surface area contributed by atoms with Crippen molar-refractivity contribution in [3.8, 4) is 0 Å². The van der Waals surface area contributed by atoms with Gasteiger partial charge in [0.25, 0.3) is 0 Å². The second-order valence-corrected chi connectivity index (χ2v) is 10.00. The highest BCUT2D eigenvalue weighted by molar-refractivity contribution is 7.89. The predicted octanol–water partition coefficient (Wildman–Crippen LogP) is 1.73. The molecule has 0 aromatic heterocycles. The zero-order chi connectivity index (χ0) is 21.0. The highest BCUT2D eigenvalue weighted by atomic mass is 32.2. The smallest absolute Gasteiger partial charge is 0.243 e. The maximum absolute atomic E-state index is 13.4. The Hall–Kier alpha value is -2.71. The highest BCUT2D eigenvalue weighted by Gasteiger charge is 2.41. The van der Waals surface area contributed by atoms with Gasteiger partial charge in [-0.1, -0.05) is 24.3 Å². The molecule has 156 valence electrons. The monoisotopic (exact) mass is 425 g/mol. The van der Waals surface area contributed by atoms with Crippen molar-refractivity contribution >= 4 is 27.5 Å². The van der Waals surface area contributed by atoms with Gasteiger partial charge in [0.05, 0.1) is 17.5 Å². The molecule has 0 radical (unpaired) electrons. The van der Waals surface area contributed by atoms with Crippen LogP contribution < -0.4 is 4.90 Å². The molecule has 7 nitrogen and oxygen atoms in total. The minimum Gasteiger partial charge on any atom is -0.333 e. The number of piperazine rings is 1. The Morgan fingerprint density at radius 2 is 1.80 bits per heavy atom. The van der Waals surface area contributed by atoms with Crippen LogP contribution in [0, 0.1) is 0 Å². The van der Waals surface area contributed by atoms with Gasteiger partial charge >= 0.3 is 0 Å². The van der Waals surface area contributed by atoms with E-state index < -0.39 is 10.0 Å². The van der Waals surface area contributed by atoms with E-state index in [0.717, 1.165) is 23.2 Å². The molecule has 3 aliphatic heterocycles. The number of hydrogen-bond donors (Lipinski definition) is 0. The summed E-state index contributed by atoms with van der Waals surface area (Å²) >= 11 is 0. The second-order valence-electron chi connectivity index (χ2n) is 8.06. The van der Waals surface area contributed by atoms with Crippen LogP contribution in [-0.4, -0.2) is 55.6 Å². The van der Waals surface area contributed by atoms with Gasteiger partial charge in [-0.2, -0.15) is 4.31 Å². The summed E-state index contributed by atoms with van der Waals surface area (Å²) in [6, 6.07) is 12.6. The second kappa shape index (κ2) is 6.92. The first-order valence-electron chi connectivity index (χ1n) is 10.1. The third-order valence-corrected chi connectivity index (χ3v) is 8.19. The van der Waals surface area contributed by atoms with Gasteiger partial charge in [-0.3, -0.25) is 9.59 Å². The van der Waals surface area contributed by atoms with E-state index in [1.807, 2.05) is 29.2 Å². The molecule has 2 aromatic carbocycles. The molecule has 8 heteroatoms. The van der Waals surface area contributed by atoms with Crippen molar-refractivity contribution in [2.75, 3.05) is 31.1 Å². The number of nitrogens with zero attached hydrogens (tertiary/aromatic N) is 3. The minimum atomic E-state index is -3.82. The van der Waals surface area contributed by atoms with Gasteiger partial charge in [0.15, 0.2) is 0 Å². The Bertz CT molecular complexity index is 1160. The molecule has 1 saturated heterocycles. The number of hydrogen-bond acceptors (Lipinski definition) is 4. The molecule has 30 heavy (non-hydrogen) atoms. The van der Waals surface area contributed by atoms with E-state index in [4.69, 9.17) is 0 Å². The number of carbonyl (C=O) groups is 2. The molecule has 0 N–H and O–H groups in total. The van der Waals surface area contributed by atoms with Crippen LogP contribution in [0.2, 0.25) is 0 Å². The number of carbonyl (C=O) groups excluding carboxylic acids is 2. The van der Waals surface area contributed by atoms with Crippen molar-refractivity contribution < 1.29 is 18.0 Å². The highest BCUT2D eigenvalue weighted by Crippen LogP contribution is 2.36. The summed E-state index contributed by atoms with van der Waals surface area (Å²) in [5.41, 5.74) is 3.82. The summed E-state index contributed by atoms with van der Waals surface area (Å²) in [5.74, 6) is -0.213. The van der Waals surface area contributed by atoms with Gasteiger partial charge in [0, 0.05) is 32.2 Å². The van der Waals surface area contributed by atoms with E-state index >= 15 is 0 Å². The molecular weight excluding hydrogens is 402 g/mol. The van der Waals surface area contributed by atoms with Crippen molar-refractivity contribution in [1.29, 1.82) is 0 Å². The molecule has 1 fully saturated rings. The van der Waals surface area contributed by atoms with Gasteiger partial charge in [0.2, 0.25) is 21.8 Å². The first-order chi connectivity index (χ1) is 14.4. The third-order valence-electron chi connectivity index (χ3n) is 6.39. The lowest BCUT2D eigenvalue weighted by Crippen LogP contribution is -2.55. The van der Waals surface area contributed by atoms with Crippen molar-refractivity contribution in [2.45, 2.75) is 30.7 Å². The fourth-order valence-corrected chi connectivity index (χ4v) is 6.29. The summed E-state index contributed by atoms with van der Waals surface area (Å²) in [5, 5.41) is 0. The van der Waals surface area contributed by atoms with Crippen LogP contribution in [0.25, 0.3) is 0 Å². The van der Waals surface area contributed by atoms with E-state index in [1.165, 1.54) is 16.8 Å². The lowest BCUT2D eigenvalue weighted by molar-refractivity contribution is -0.138. The molecule has 5 rings (SSSR count). The molecule has 2 aromatic rings. The summed E-state index contributed by atoms with van der Waals surface area (Å²) in [6.45, 7) is 2.80. The lowest BCUT2D eigenvalue weighted by atomic mass is 9.91. The van der Waals surface area contributed by atoms with Crippen LogP contribution >= 0.6 is 0 Å². The fourth-order valence-electron chi connectivity index (χ4n) is 4.84. The molecule has 1 atom stereocenters. The lowest BCUT2D eigenvalue weighted by Gasteiger charge is -2.44. The standard InChI is InChI=1S/C22H23N3O4S/c1-15(26)24-10-9-17-12-18(6-7-20(17)24)30(28,29)23-13-21-19-5-3-2-4-16(19)8-11-25(21)22(27)14-23/h2-7,12,21H,8-11,13-14H2,1H3/t21-/m1/s1. The number of benzene rings is 2. The van der Waals surface area contributed by atoms with Gasteiger partial charge in [-0.05, 0) is 47.7 Å². The molecule has 3 heterocycles. The van der Waals surface area contributed by atoms with E-state index in [2.05, 4.69) is 0 Å². The number of sulfonamides is 1. The van der Waals surface area contributed by atoms with E-state index in [1.54, 1.807) is 23.1 Å². The van der Waals surface area contributed by atoms with Crippen molar-refractivity contribution in [3.63, 3.8) is 0 Å². The normalized spacial score (nSPS) is 21.2. The SMILES string of the molecule is CC(=O)N1CCc2cc(S(=O)(=O)N3CC(=O)N4CCc5ccccc5[C@H]4C3)ccc21. The first kappa shape index (κ1) is 19.3. The summed E-state index contributed by atoms with van der Waals surface area (Å²) in [7, 11) is -3.82. The van der Waals surface area contributed by atoms with Crippen LogP contribution in [0.15, 0.2) is 47.4 Å². The summed E-state index contributed by atoms with van der Waals surface area (Å²) in [6.07, 6.45) is 1.42. The quantitative estimate of drug-likeness (QED) is 0.734. The average Bonchev–Trinajstić information content (AvgIpc) is 3.17. The van der Waals surface area contributed by atoms with Crippen molar-refractivity contribution in [3.05, 3.63) is 59.2 Å². The first-order valence-corrected chi connectivity index (χ1v) is 11.6. The summed E-state index contributed by atoms with van der Waals surface area (Å²) < 4.78 is 28.1. The Labute approximate surface area is 175 Å². The van der Waals surface area contributed by atoms with Gasteiger partial charge in [-0.15, -0.1) is 0 Å². The molecule has 3 aliphatic rings.